The maximum Gasteiger partial charge on any atom is 0.339 e. The summed E-state index contributed by atoms with van der Waals surface area (Å²) in [6.45, 7) is 1.17. The first kappa shape index (κ1) is 14.5. The second kappa shape index (κ2) is 5.53. The molecule has 3 fully saturated rings. The number of hydrogen-bond donors (Lipinski definition) is 1. The van der Waals surface area contributed by atoms with Crippen LogP contribution in [0.15, 0.2) is 18.2 Å². The highest BCUT2D eigenvalue weighted by atomic mass is 16.5. The normalized spacial score (nSPS) is 26.2. The van der Waals surface area contributed by atoms with Crippen LogP contribution in [0, 0.1) is 0 Å². The number of fused-ring (bicyclic) bond motifs is 2. The molecule has 1 aromatic carbocycles. The molecule has 1 saturated carbocycles. The average Bonchev–Trinajstić information content (AvgIpc) is 3.31. The van der Waals surface area contributed by atoms with E-state index in [0.29, 0.717) is 24.5 Å². The molecule has 4 rings (SSSR count). The molecule has 2 aliphatic heterocycles. The standard InChI is InChI=1S/C17H19NO5/c19-16(18-11-2-3-12(18)9-22-8-11)10-1-6-14(17(20)21)15(7-10)23-13-4-5-13/h1,6-7,11-13H,2-5,8-9H2,(H,20,21). The van der Waals surface area contributed by atoms with E-state index in [1.807, 2.05) is 4.90 Å². The number of carbonyl (C=O) groups is 2. The first-order valence-corrected chi connectivity index (χ1v) is 8.08. The second-order valence-electron chi connectivity index (χ2n) is 6.47. The fourth-order valence-corrected chi connectivity index (χ4v) is 3.40. The lowest BCUT2D eigenvalue weighted by Gasteiger charge is -2.34. The summed E-state index contributed by atoms with van der Waals surface area (Å²) in [6, 6.07) is 4.90. The summed E-state index contributed by atoms with van der Waals surface area (Å²) in [7, 11) is 0. The first-order valence-electron chi connectivity index (χ1n) is 8.08. The number of benzene rings is 1. The molecule has 2 bridgehead atoms. The molecule has 1 amide bonds. The van der Waals surface area contributed by atoms with Gasteiger partial charge in [-0.05, 0) is 43.9 Å². The van der Waals surface area contributed by atoms with Gasteiger partial charge in [0.05, 0.1) is 31.4 Å². The van der Waals surface area contributed by atoms with Gasteiger partial charge in [0.1, 0.15) is 11.3 Å². The molecule has 2 heterocycles. The van der Waals surface area contributed by atoms with E-state index in [0.717, 1.165) is 25.7 Å². The van der Waals surface area contributed by atoms with Crippen LogP contribution in [0.3, 0.4) is 0 Å². The third-order valence-corrected chi connectivity index (χ3v) is 4.75. The largest absolute Gasteiger partial charge is 0.490 e. The zero-order valence-electron chi connectivity index (χ0n) is 12.7. The molecular weight excluding hydrogens is 298 g/mol. The Bertz CT molecular complexity index is 638. The third kappa shape index (κ3) is 2.67. The van der Waals surface area contributed by atoms with Crippen LogP contribution in [-0.2, 0) is 4.74 Å². The third-order valence-electron chi connectivity index (χ3n) is 4.75. The molecule has 6 nitrogen and oxygen atoms in total. The number of carbonyl (C=O) groups excluding carboxylic acids is 1. The Morgan fingerprint density at radius 3 is 2.43 bits per heavy atom. The maximum absolute atomic E-state index is 12.9. The Morgan fingerprint density at radius 1 is 1.13 bits per heavy atom. The number of nitrogens with zero attached hydrogens (tertiary/aromatic N) is 1. The SMILES string of the molecule is O=C(O)c1ccc(C(=O)N2C3CCC2COC3)cc1OC1CC1. The number of carboxylic acid groups (broad SMARTS) is 1. The Balaban J connectivity index is 1.63. The summed E-state index contributed by atoms with van der Waals surface area (Å²) in [5.74, 6) is -0.795. The summed E-state index contributed by atoms with van der Waals surface area (Å²) in [5, 5.41) is 9.28. The summed E-state index contributed by atoms with van der Waals surface area (Å²) >= 11 is 0. The molecule has 1 aliphatic carbocycles. The molecule has 1 aromatic rings. The van der Waals surface area contributed by atoms with Crippen LogP contribution in [-0.4, -0.2) is 53.3 Å². The van der Waals surface area contributed by atoms with Crippen molar-refractivity contribution in [2.45, 2.75) is 43.9 Å². The summed E-state index contributed by atoms with van der Waals surface area (Å²) in [6.07, 6.45) is 3.89. The van der Waals surface area contributed by atoms with Gasteiger partial charge >= 0.3 is 5.97 Å². The van der Waals surface area contributed by atoms with Crippen LogP contribution in [0.4, 0.5) is 0 Å². The molecule has 0 spiro atoms. The van der Waals surface area contributed by atoms with Gasteiger partial charge in [-0.1, -0.05) is 0 Å². The van der Waals surface area contributed by atoms with E-state index >= 15 is 0 Å². The smallest absolute Gasteiger partial charge is 0.339 e. The van der Waals surface area contributed by atoms with Gasteiger partial charge in [0, 0.05) is 5.56 Å². The Labute approximate surface area is 134 Å². The molecule has 2 atom stereocenters. The van der Waals surface area contributed by atoms with E-state index in [9.17, 15) is 14.7 Å². The van der Waals surface area contributed by atoms with Gasteiger partial charge in [-0.3, -0.25) is 4.79 Å². The number of hydrogen-bond acceptors (Lipinski definition) is 4. The van der Waals surface area contributed by atoms with Gasteiger partial charge in [-0.2, -0.15) is 0 Å². The predicted octanol–water partition coefficient (Wildman–Crippen LogP) is 1.93. The van der Waals surface area contributed by atoms with Crippen molar-refractivity contribution in [3.63, 3.8) is 0 Å². The zero-order valence-corrected chi connectivity index (χ0v) is 12.7. The van der Waals surface area contributed by atoms with E-state index in [1.165, 1.54) is 6.07 Å². The van der Waals surface area contributed by atoms with E-state index in [1.54, 1.807) is 12.1 Å². The van der Waals surface area contributed by atoms with Crippen LogP contribution in [0.25, 0.3) is 0 Å². The number of amides is 1. The van der Waals surface area contributed by atoms with Gasteiger partial charge in [0.25, 0.3) is 5.91 Å². The van der Waals surface area contributed by atoms with E-state index in [4.69, 9.17) is 9.47 Å². The predicted molar refractivity (Wildman–Crippen MR) is 80.8 cm³/mol. The monoisotopic (exact) mass is 317 g/mol. The van der Waals surface area contributed by atoms with Crippen molar-refractivity contribution in [2.75, 3.05) is 13.2 Å². The Morgan fingerprint density at radius 2 is 1.83 bits per heavy atom. The highest BCUT2D eigenvalue weighted by Gasteiger charge is 2.40. The maximum atomic E-state index is 12.9. The molecule has 3 aliphatic rings. The molecule has 1 N–H and O–H groups in total. The average molecular weight is 317 g/mol. The Hall–Kier alpha value is -2.08. The summed E-state index contributed by atoms with van der Waals surface area (Å²) in [5.41, 5.74) is 0.600. The molecular formula is C17H19NO5. The highest BCUT2D eigenvalue weighted by Crippen LogP contribution is 2.33. The first-order chi connectivity index (χ1) is 11.1. The van der Waals surface area contributed by atoms with Crippen LogP contribution in [0.2, 0.25) is 0 Å². The number of rotatable bonds is 4. The lowest BCUT2D eigenvalue weighted by molar-refractivity contribution is -0.00718. The molecule has 2 unspecified atom stereocenters. The van der Waals surface area contributed by atoms with Crippen molar-refractivity contribution in [1.29, 1.82) is 0 Å². The molecule has 122 valence electrons. The van der Waals surface area contributed by atoms with Crippen LogP contribution in [0.5, 0.6) is 5.75 Å². The minimum Gasteiger partial charge on any atom is -0.490 e. The van der Waals surface area contributed by atoms with E-state index < -0.39 is 5.97 Å². The number of ether oxygens (including phenoxy) is 2. The molecule has 0 radical (unpaired) electrons. The van der Waals surface area contributed by atoms with Crippen LogP contribution >= 0.6 is 0 Å². The lowest BCUT2D eigenvalue weighted by atomic mass is 10.1. The summed E-state index contributed by atoms with van der Waals surface area (Å²) < 4.78 is 11.2. The van der Waals surface area contributed by atoms with Gasteiger partial charge in [-0.15, -0.1) is 0 Å². The zero-order chi connectivity index (χ0) is 16.0. The second-order valence-corrected chi connectivity index (χ2v) is 6.47. The fourth-order valence-electron chi connectivity index (χ4n) is 3.40. The van der Waals surface area contributed by atoms with Crippen LogP contribution in [0.1, 0.15) is 46.4 Å². The van der Waals surface area contributed by atoms with Crippen molar-refractivity contribution < 1.29 is 24.2 Å². The van der Waals surface area contributed by atoms with Gasteiger partial charge in [0.2, 0.25) is 0 Å². The number of carboxylic acids is 1. The van der Waals surface area contributed by atoms with Crippen LogP contribution < -0.4 is 4.74 Å². The number of aromatic carboxylic acids is 1. The van der Waals surface area contributed by atoms with Crippen molar-refractivity contribution >= 4 is 11.9 Å². The molecule has 6 heteroatoms. The topological polar surface area (TPSA) is 76.1 Å². The molecule has 0 aromatic heterocycles. The van der Waals surface area contributed by atoms with Crippen molar-refractivity contribution in [3.8, 4) is 5.75 Å². The molecule has 23 heavy (non-hydrogen) atoms. The minimum absolute atomic E-state index is 0.0571. The highest BCUT2D eigenvalue weighted by molar-refractivity contribution is 5.98. The number of morpholine rings is 1. The fraction of sp³-hybridized carbons (Fsp3) is 0.529. The van der Waals surface area contributed by atoms with Gasteiger partial charge in [-0.25, -0.2) is 4.79 Å². The van der Waals surface area contributed by atoms with Gasteiger partial charge < -0.3 is 19.5 Å². The van der Waals surface area contributed by atoms with E-state index in [2.05, 4.69) is 0 Å². The quantitative estimate of drug-likeness (QED) is 0.918. The van der Waals surface area contributed by atoms with Crippen molar-refractivity contribution in [3.05, 3.63) is 29.3 Å². The molecule has 2 saturated heterocycles. The Kier molecular flexibility index (Phi) is 3.49. The van der Waals surface area contributed by atoms with Crippen molar-refractivity contribution in [2.24, 2.45) is 0 Å². The lowest BCUT2D eigenvalue weighted by Crippen LogP contribution is -2.49. The van der Waals surface area contributed by atoms with Gasteiger partial charge in [0.15, 0.2) is 0 Å². The van der Waals surface area contributed by atoms with E-state index in [-0.39, 0.29) is 29.7 Å². The minimum atomic E-state index is -1.04. The van der Waals surface area contributed by atoms with Crippen molar-refractivity contribution in [1.82, 2.24) is 4.90 Å². The summed E-state index contributed by atoms with van der Waals surface area (Å²) in [4.78, 5) is 26.1.